The first kappa shape index (κ1) is 12.9. The highest BCUT2D eigenvalue weighted by Crippen LogP contribution is 2.17. The molecule has 0 bridgehead atoms. The molecular weight excluding hydrogens is 254 g/mol. The van der Waals surface area contributed by atoms with Crippen LogP contribution in [0, 0.1) is 6.92 Å². The van der Waals surface area contributed by atoms with Crippen LogP contribution in [0.1, 0.15) is 18.5 Å². The first-order valence-electron chi connectivity index (χ1n) is 5.70. The standard InChI is InChI=1S/C11H17N3OS2/c1-9-3-4-11(13-12-9)15-10-5-7-14(8-6-10)17(2)16/h3-4,10H,5-8H2,1-2H3. The second-order valence-electron chi connectivity index (χ2n) is 4.18. The van der Waals surface area contributed by atoms with Gasteiger partial charge in [0.2, 0.25) is 5.88 Å². The highest BCUT2D eigenvalue weighted by molar-refractivity contribution is 8.27. The molecule has 1 aliphatic heterocycles. The fourth-order valence-corrected chi connectivity index (χ4v) is 3.00. The van der Waals surface area contributed by atoms with Gasteiger partial charge in [-0.2, -0.15) is 5.10 Å². The van der Waals surface area contributed by atoms with Gasteiger partial charge in [-0.05, 0) is 37.0 Å². The summed E-state index contributed by atoms with van der Waals surface area (Å²) in [6, 6.07) is 3.80. The van der Waals surface area contributed by atoms with Gasteiger partial charge in [0, 0.05) is 25.4 Å². The zero-order chi connectivity index (χ0) is 12.3. The summed E-state index contributed by atoms with van der Waals surface area (Å²) in [7, 11) is -0.0334. The minimum Gasteiger partial charge on any atom is -0.473 e. The predicted octanol–water partition coefficient (Wildman–Crippen LogP) is 1.25. The van der Waals surface area contributed by atoms with Crippen LogP contribution in [0.25, 0.3) is 0 Å². The van der Waals surface area contributed by atoms with E-state index < -0.39 is 0 Å². The highest BCUT2D eigenvalue weighted by Gasteiger charge is 2.21. The first-order chi connectivity index (χ1) is 8.15. The van der Waals surface area contributed by atoms with Gasteiger partial charge in [-0.3, -0.25) is 0 Å². The lowest BCUT2D eigenvalue weighted by molar-refractivity contribution is 0.132. The molecule has 1 aliphatic rings. The van der Waals surface area contributed by atoms with Gasteiger partial charge >= 0.3 is 0 Å². The van der Waals surface area contributed by atoms with Crippen molar-refractivity contribution in [1.29, 1.82) is 0 Å². The Morgan fingerprint density at radius 2 is 2.06 bits per heavy atom. The molecule has 0 radical (unpaired) electrons. The number of aromatic nitrogens is 2. The molecule has 0 aliphatic carbocycles. The Bertz CT molecular complexity index is 388. The van der Waals surface area contributed by atoms with Crippen molar-refractivity contribution < 1.29 is 4.74 Å². The molecule has 1 atom stereocenters. The summed E-state index contributed by atoms with van der Waals surface area (Å²) < 4.78 is 8.14. The molecule has 1 aromatic heterocycles. The van der Waals surface area contributed by atoms with Gasteiger partial charge in [0.05, 0.1) is 5.69 Å². The summed E-state index contributed by atoms with van der Waals surface area (Å²) in [5, 5.41) is 8.01. The molecule has 1 saturated heterocycles. The highest BCUT2D eigenvalue weighted by atomic mass is 32.8. The monoisotopic (exact) mass is 271 g/mol. The second-order valence-corrected chi connectivity index (χ2v) is 6.99. The molecule has 4 nitrogen and oxygen atoms in total. The lowest BCUT2D eigenvalue weighted by Gasteiger charge is -2.31. The van der Waals surface area contributed by atoms with Crippen molar-refractivity contribution >= 4 is 20.8 Å². The van der Waals surface area contributed by atoms with Crippen LogP contribution < -0.4 is 4.74 Å². The van der Waals surface area contributed by atoms with Crippen LogP contribution in [0.4, 0.5) is 0 Å². The zero-order valence-electron chi connectivity index (χ0n) is 10.1. The quantitative estimate of drug-likeness (QED) is 0.827. The number of nitrogens with zero attached hydrogens (tertiary/aromatic N) is 3. The van der Waals surface area contributed by atoms with E-state index in [0.29, 0.717) is 5.88 Å². The van der Waals surface area contributed by atoms with Crippen molar-refractivity contribution in [3.05, 3.63) is 17.8 Å². The Kier molecular flexibility index (Phi) is 4.42. The van der Waals surface area contributed by atoms with E-state index in [1.807, 2.05) is 19.1 Å². The van der Waals surface area contributed by atoms with Crippen molar-refractivity contribution in [2.24, 2.45) is 0 Å². The molecule has 1 aromatic rings. The van der Waals surface area contributed by atoms with E-state index in [-0.39, 0.29) is 15.7 Å². The van der Waals surface area contributed by atoms with E-state index >= 15 is 0 Å². The Balaban J connectivity index is 1.85. The average Bonchev–Trinajstić information content (AvgIpc) is 2.33. The van der Waals surface area contributed by atoms with Gasteiger partial charge in [-0.1, -0.05) is 9.64 Å². The van der Waals surface area contributed by atoms with Crippen LogP contribution in [0.2, 0.25) is 0 Å². The maximum atomic E-state index is 5.81. The van der Waals surface area contributed by atoms with Gasteiger partial charge in [-0.25, -0.2) is 4.31 Å². The van der Waals surface area contributed by atoms with Crippen molar-refractivity contribution in [3.8, 4) is 5.88 Å². The smallest absolute Gasteiger partial charge is 0.233 e. The summed E-state index contributed by atoms with van der Waals surface area (Å²) in [5.74, 6) is 0.628. The van der Waals surface area contributed by atoms with Crippen molar-refractivity contribution in [2.45, 2.75) is 25.9 Å². The predicted molar refractivity (Wildman–Crippen MR) is 72.6 cm³/mol. The van der Waals surface area contributed by atoms with Crippen molar-refractivity contribution in [2.75, 3.05) is 19.3 Å². The van der Waals surface area contributed by atoms with E-state index in [1.165, 1.54) is 0 Å². The molecule has 0 spiro atoms. The third kappa shape index (κ3) is 3.69. The van der Waals surface area contributed by atoms with Crippen LogP contribution in [-0.4, -0.2) is 40.0 Å². The molecule has 2 rings (SSSR count). The van der Waals surface area contributed by atoms with E-state index in [4.69, 9.17) is 15.9 Å². The van der Waals surface area contributed by atoms with Crippen LogP contribution in [0.5, 0.6) is 5.88 Å². The summed E-state index contributed by atoms with van der Waals surface area (Å²) >= 11 is 5.27. The van der Waals surface area contributed by atoms with Crippen LogP contribution in [0.15, 0.2) is 12.1 Å². The van der Waals surface area contributed by atoms with Crippen LogP contribution >= 0.6 is 0 Å². The molecule has 0 amide bonds. The summed E-state index contributed by atoms with van der Waals surface area (Å²) in [6.45, 7) is 3.96. The third-order valence-corrected chi connectivity index (χ3v) is 4.55. The fraction of sp³-hybridized carbons (Fsp3) is 0.636. The Morgan fingerprint density at radius 1 is 1.35 bits per heavy atom. The van der Waals surface area contributed by atoms with E-state index in [1.54, 1.807) is 0 Å². The molecule has 6 heteroatoms. The number of piperidine rings is 1. The van der Waals surface area contributed by atoms with Gasteiger partial charge in [-0.15, -0.1) is 5.10 Å². The molecular formula is C11H17N3OS2. The Labute approximate surface area is 109 Å². The van der Waals surface area contributed by atoms with E-state index in [0.717, 1.165) is 31.6 Å². The number of aryl methyl sites for hydroxylation is 1. The zero-order valence-corrected chi connectivity index (χ0v) is 11.8. The molecule has 0 saturated carbocycles. The fourth-order valence-electron chi connectivity index (χ4n) is 1.83. The summed E-state index contributed by atoms with van der Waals surface area (Å²) in [5.41, 5.74) is 0.910. The Morgan fingerprint density at radius 3 is 2.59 bits per heavy atom. The maximum Gasteiger partial charge on any atom is 0.233 e. The number of hydrogen-bond acceptors (Lipinski definition) is 4. The van der Waals surface area contributed by atoms with Gasteiger partial charge in [0.1, 0.15) is 6.10 Å². The molecule has 0 aromatic carbocycles. The summed E-state index contributed by atoms with van der Waals surface area (Å²) in [6.07, 6.45) is 4.37. The molecule has 94 valence electrons. The van der Waals surface area contributed by atoms with E-state index in [9.17, 15) is 0 Å². The first-order valence-corrected chi connectivity index (χ1v) is 8.22. The number of hydrogen-bond donors (Lipinski definition) is 0. The average molecular weight is 271 g/mol. The number of rotatable bonds is 3. The van der Waals surface area contributed by atoms with Gasteiger partial charge in [0.15, 0.2) is 0 Å². The van der Waals surface area contributed by atoms with Gasteiger partial charge in [0.25, 0.3) is 0 Å². The Hall–Kier alpha value is -0.590. The normalized spacial score (nSPS) is 20.1. The van der Waals surface area contributed by atoms with Crippen LogP contribution in [0.3, 0.4) is 0 Å². The molecule has 17 heavy (non-hydrogen) atoms. The molecule has 2 heterocycles. The lowest BCUT2D eigenvalue weighted by Crippen LogP contribution is -2.38. The summed E-state index contributed by atoms with van der Waals surface area (Å²) in [4.78, 5) is 0. The second kappa shape index (κ2) is 5.84. The third-order valence-electron chi connectivity index (χ3n) is 2.83. The van der Waals surface area contributed by atoms with Gasteiger partial charge < -0.3 is 4.74 Å². The SMILES string of the molecule is Cc1ccc(OC2CCN(S(C)=S)CC2)nn1. The molecule has 1 fully saturated rings. The van der Waals surface area contributed by atoms with Crippen LogP contribution in [-0.2, 0) is 20.8 Å². The largest absolute Gasteiger partial charge is 0.473 e. The lowest BCUT2D eigenvalue weighted by atomic mass is 10.1. The minimum absolute atomic E-state index is 0.0334. The number of ether oxygens (including phenoxy) is 1. The topological polar surface area (TPSA) is 38.2 Å². The van der Waals surface area contributed by atoms with Crippen molar-refractivity contribution in [1.82, 2.24) is 14.5 Å². The molecule has 1 unspecified atom stereocenters. The van der Waals surface area contributed by atoms with E-state index in [2.05, 4.69) is 20.8 Å². The maximum absolute atomic E-state index is 5.81. The van der Waals surface area contributed by atoms with Crippen molar-refractivity contribution in [3.63, 3.8) is 0 Å². The minimum atomic E-state index is -0.0334. The molecule has 0 N–H and O–H groups in total.